The highest BCUT2D eigenvalue weighted by Crippen LogP contribution is 2.43. The van der Waals surface area contributed by atoms with Crippen LogP contribution < -0.4 is 11.3 Å². The normalized spacial score (nSPS) is 22.6. The van der Waals surface area contributed by atoms with Crippen LogP contribution in [0.2, 0.25) is 0 Å². The first-order chi connectivity index (χ1) is 9.41. The molecular formula is C15H28N4O. The Hall–Kier alpha value is -0.910. The first-order valence-corrected chi connectivity index (χ1v) is 7.40. The smallest absolute Gasteiger partial charge is 0.0848 e. The maximum absolute atomic E-state index is 5.93. The van der Waals surface area contributed by atoms with Crippen LogP contribution in [0.25, 0.3) is 0 Å². The van der Waals surface area contributed by atoms with E-state index in [4.69, 9.17) is 10.6 Å². The van der Waals surface area contributed by atoms with Crippen LogP contribution in [0.15, 0.2) is 12.4 Å². The number of aryl methyl sites for hydroxylation is 1. The van der Waals surface area contributed by atoms with Crippen molar-refractivity contribution in [3.8, 4) is 0 Å². The van der Waals surface area contributed by atoms with Crippen LogP contribution in [0.5, 0.6) is 0 Å². The summed E-state index contributed by atoms with van der Waals surface area (Å²) in [5, 5.41) is 4.23. The van der Waals surface area contributed by atoms with E-state index >= 15 is 0 Å². The van der Waals surface area contributed by atoms with Crippen molar-refractivity contribution in [2.24, 2.45) is 18.3 Å². The molecule has 1 aromatic rings. The van der Waals surface area contributed by atoms with E-state index in [0.29, 0.717) is 5.41 Å². The zero-order valence-corrected chi connectivity index (χ0v) is 13.1. The first kappa shape index (κ1) is 15.5. The summed E-state index contributed by atoms with van der Waals surface area (Å²) in [7, 11) is 3.75. The van der Waals surface area contributed by atoms with Gasteiger partial charge >= 0.3 is 0 Å². The maximum Gasteiger partial charge on any atom is 0.0848 e. The second-order valence-corrected chi connectivity index (χ2v) is 6.88. The van der Waals surface area contributed by atoms with Crippen LogP contribution in [0, 0.1) is 5.41 Å². The average Bonchev–Trinajstić information content (AvgIpc) is 2.83. The molecule has 0 spiro atoms. The molecule has 2 rings (SSSR count). The van der Waals surface area contributed by atoms with Crippen molar-refractivity contribution in [2.75, 3.05) is 7.11 Å². The Morgan fingerprint density at radius 2 is 2.05 bits per heavy atom. The van der Waals surface area contributed by atoms with Crippen LogP contribution in [0.1, 0.15) is 45.1 Å². The number of hydrogen-bond donors (Lipinski definition) is 2. The van der Waals surface area contributed by atoms with Crippen molar-refractivity contribution in [2.45, 2.75) is 57.6 Å². The Morgan fingerprint density at radius 1 is 1.40 bits per heavy atom. The predicted molar refractivity (Wildman–Crippen MR) is 80.0 cm³/mol. The molecule has 0 aliphatic heterocycles. The lowest BCUT2D eigenvalue weighted by atomic mass is 9.68. The molecule has 20 heavy (non-hydrogen) atoms. The van der Waals surface area contributed by atoms with Gasteiger partial charge in [-0.05, 0) is 43.1 Å². The summed E-state index contributed by atoms with van der Waals surface area (Å²) >= 11 is 0. The molecule has 3 N–H and O–H groups in total. The van der Waals surface area contributed by atoms with Gasteiger partial charge in [0.25, 0.3) is 0 Å². The van der Waals surface area contributed by atoms with Crippen LogP contribution in [-0.4, -0.2) is 28.5 Å². The summed E-state index contributed by atoms with van der Waals surface area (Å²) in [4.78, 5) is 0. The molecule has 5 nitrogen and oxygen atoms in total. The minimum atomic E-state index is -0.167. The number of methoxy groups -OCH3 is 1. The molecule has 0 aromatic carbocycles. The summed E-state index contributed by atoms with van der Waals surface area (Å²) in [6.45, 7) is 4.66. The van der Waals surface area contributed by atoms with Crippen LogP contribution in [0.4, 0.5) is 0 Å². The molecule has 1 unspecified atom stereocenters. The van der Waals surface area contributed by atoms with Crippen molar-refractivity contribution in [1.29, 1.82) is 0 Å². The number of nitrogens with zero attached hydrogens (tertiary/aromatic N) is 2. The molecule has 1 atom stereocenters. The number of nitrogens with one attached hydrogen (secondary N) is 1. The minimum absolute atomic E-state index is 0.118. The monoisotopic (exact) mass is 280 g/mol. The molecule has 0 bridgehead atoms. The number of hydrazine groups is 1. The number of nitrogens with two attached hydrogens (primary N) is 1. The fourth-order valence-electron chi connectivity index (χ4n) is 3.25. The van der Waals surface area contributed by atoms with Gasteiger partial charge < -0.3 is 4.74 Å². The highest BCUT2D eigenvalue weighted by Gasteiger charge is 2.44. The Morgan fingerprint density at radius 3 is 2.50 bits per heavy atom. The number of rotatable bonds is 5. The molecule has 1 saturated carbocycles. The molecule has 5 heteroatoms. The van der Waals surface area contributed by atoms with Gasteiger partial charge in [0.05, 0.1) is 17.8 Å². The number of aromatic nitrogens is 2. The molecular weight excluding hydrogens is 252 g/mol. The van der Waals surface area contributed by atoms with E-state index in [2.05, 4.69) is 24.4 Å². The van der Waals surface area contributed by atoms with Crippen LogP contribution in [-0.2, 0) is 18.2 Å². The molecule has 1 aromatic heterocycles. The summed E-state index contributed by atoms with van der Waals surface area (Å²) in [5.41, 5.74) is 4.42. The molecule has 114 valence electrons. The molecule has 1 aliphatic carbocycles. The van der Waals surface area contributed by atoms with Crippen molar-refractivity contribution >= 4 is 0 Å². The lowest BCUT2D eigenvalue weighted by Gasteiger charge is -2.46. The molecule has 0 amide bonds. The van der Waals surface area contributed by atoms with Crippen molar-refractivity contribution in [1.82, 2.24) is 15.2 Å². The first-order valence-electron chi connectivity index (χ1n) is 7.40. The summed E-state index contributed by atoms with van der Waals surface area (Å²) in [5.74, 6) is 5.83. The molecule has 1 heterocycles. The van der Waals surface area contributed by atoms with Crippen LogP contribution >= 0.6 is 0 Å². The zero-order valence-electron chi connectivity index (χ0n) is 13.1. The Bertz CT molecular complexity index is 431. The van der Waals surface area contributed by atoms with Crippen molar-refractivity contribution in [3.05, 3.63) is 18.0 Å². The number of hydrogen-bond acceptors (Lipinski definition) is 4. The van der Waals surface area contributed by atoms with Crippen molar-refractivity contribution in [3.63, 3.8) is 0 Å². The Kier molecular flexibility index (Phi) is 4.52. The van der Waals surface area contributed by atoms with E-state index in [1.54, 1.807) is 0 Å². The lowest BCUT2D eigenvalue weighted by Crippen LogP contribution is -2.57. The molecule has 0 radical (unpaired) electrons. The summed E-state index contributed by atoms with van der Waals surface area (Å²) in [6, 6.07) is 0.118. The van der Waals surface area contributed by atoms with Gasteiger partial charge in [-0.1, -0.05) is 13.8 Å². The van der Waals surface area contributed by atoms with Gasteiger partial charge in [-0.2, -0.15) is 5.10 Å². The second-order valence-electron chi connectivity index (χ2n) is 6.88. The van der Waals surface area contributed by atoms with Gasteiger partial charge in [-0.3, -0.25) is 16.0 Å². The Balaban J connectivity index is 2.11. The van der Waals surface area contributed by atoms with E-state index in [-0.39, 0.29) is 11.6 Å². The predicted octanol–water partition coefficient (Wildman–Crippen LogP) is 1.78. The van der Waals surface area contributed by atoms with E-state index in [0.717, 1.165) is 19.3 Å². The highest BCUT2D eigenvalue weighted by molar-refractivity contribution is 5.10. The zero-order chi connectivity index (χ0) is 14.8. The maximum atomic E-state index is 5.93. The quantitative estimate of drug-likeness (QED) is 0.637. The Labute approximate surface area is 121 Å². The summed E-state index contributed by atoms with van der Waals surface area (Å²) < 4.78 is 7.76. The lowest BCUT2D eigenvalue weighted by molar-refractivity contribution is -0.0862. The van der Waals surface area contributed by atoms with Crippen LogP contribution in [0.3, 0.4) is 0 Å². The van der Waals surface area contributed by atoms with Crippen molar-refractivity contribution < 1.29 is 4.74 Å². The van der Waals surface area contributed by atoms with Gasteiger partial charge in [0.1, 0.15) is 0 Å². The van der Waals surface area contributed by atoms with E-state index < -0.39 is 0 Å². The van der Waals surface area contributed by atoms with E-state index in [9.17, 15) is 0 Å². The van der Waals surface area contributed by atoms with E-state index in [1.807, 2.05) is 31.2 Å². The topological polar surface area (TPSA) is 65.1 Å². The second kappa shape index (κ2) is 5.84. The minimum Gasteiger partial charge on any atom is -0.377 e. The van der Waals surface area contributed by atoms with Gasteiger partial charge in [-0.25, -0.2) is 0 Å². The molecule has 0 saturated heterocycles. The standard InChI is InChI=1S/C15H28N4O/c1-14(2)5-7-15(20-4,8-6-14)13(18-16)9-12-10-17-19(3)11-12/h10-11,13,18H,5-9,16H2,1-4H3. The SMILES string of the molecule is COC1(C(Cc2cnn(C)c2)NN)CCC(C)(C)CC1. The third-order valence-electron chi connectivity index (χ3n) is 4.89. The van der Waals surface area contributed by atoms with E-state index in [1.165, 1.54) is 18.4 Å². The molecule has 1 fully saturated rings. The highest BCUT2D eigenvalue weighted by atomic mass is 16.5. The third-order valence-corrected chi connectivity index (χ3v) is 4.89. The summed E-state index contributed by atoms with van der Waals surface area (Å²) in [6.07, 6.45) is 9.23. The van der Waals surface area contributed by atoms with Gasteiger partial charge in [0.2, 0.25) is 0 Å². The fraction of sp³-hybridized carbons (Fsp3) is 0.800. The average molecular weight is 280 g/mol. The van der Waals surface area contributed by atoms with Gasteiger partial charge in [0, 0.05) is 20.4 Å². The fourth-order valence-corrected chi connectivity index (χ4v) is 3.25. The van der Waals surface area contributed by atoms with Gasteiger partial charge in [-0.15, -0.1) is 0 Å². The third kappa shape index (κ3) is 3.22. The number of ether oxygens (including phenoxy) is 1. The largest absolute Gasteiger partial charge is 0.377 e. The molecule has 1 aliphatic rings. The van der Waals surface area contributed by atoms with Gasteiger partial charge in [0.15, 0.2) is 0 Å².